The van der Waals surface area contributed by atoms with E-state index in [1.54, 1.807) is 0 Å². The summed E-state index contributed by atoms with van der Waals surface area (Å²) in [5, 5.41) is 7.24. The van der Waals surface area contributed by atoms with Crippen molar-refractivity contribution < 1.29 is 0 Å². The van der Waals surface area contributed by atoms with Gasteiger partial charge in [0, 0.05) is 61.5 Å². The van der Waals surface area contributed by atoms with Gasteiger partial charge in [0.25, 0.3) is 6.71 Å². The van der Waals surface area contributed by atoms with E-state index in [1.807, 2.05) is 0 Å². The molecular weight excluding hydrogens is 1370 g/mol. The fourth-order valence-corrected chi connectivity index (χ4v) is 18.5. The highest BCUT2D eigenvalue weighted by molar-refractivity contribution is 7.00. The quantitative estimate of drug-likeness (QED) is 0.0944. The molecule has 2 aliphatic rings. The maximum atomic E-state index is 2.76. The van der Waals surface area contributed by atoms with Gasteiger partial charge >= 0.3 is 0 Å². The zero-order chi connectivity index (χ0) is 77.3. The average Bonchev–Trinajstić information content (AvgIpc) is 0.736. The van der Waals surface area contributed by atoms with E-state index in [2.05, 4.69) is 447 Å². The molecule has 1 aromatic heterocycles. The number of nitrogens with zero attached hydrogens (tertiary/aromatic N) is 3. The van der Waals surface area contributed by atoms with Crippen molar-refractivity contribution in [2.45, 2.75) is 78.6 Å². The van der Waals surface area contributed by atoms with Crippen molar-refractivity contribution in [1.29, 1.82) is 0 Å². The van der Waals surface area contributed by atoms with Crippen molar-refractivity contribution in [2.75, 3.05) is 9.80 Å². The lowest BCUT2D eigenvalue weighted by Crippen LogP contribution is -2.61. The van der Waals surface area contributed by atoms with Crippen LogP contribution in [0.15, 0.2) is 370 Å². The third-order valence-electron chi connectivity index (χ3n) is 24.2. The second-order valence-corrected chi connectivity index (χ2v) is 34.3. The number of hydrogen-bond acceptors (Lipinski definition) is 2. The topological polar surface area (TPSA) is 11.4 Å². The molecule has 17 aromatic carbocycles. The van der Waals surface area contributed by atoms with E-state index in [1.165, 1.54) is 138 Å². The zero-order valence-electron chi connectivity index (χ0n) is 66.1. The van der Waals surface area contributed by atoms with Crippen molar-refractivity contribution in [2.24, 2.45) is 0 Å². The number of fused-ring (bicyclic) bond motifs is 9. The molecule has 0 spiro atoms. The lowest BCUT2D eigenvalue weighted by atomic mass is 9.33. The van der Waals surface area contributed by atoms with Crippen LogP contribution in [0, 0.1) is 0 Å². The molecule has 2 aliphatic heterocycles. The van der Waals surface area contributed by atoms with E-state index >= 15 is 0 Å². The summed E-state index contributed by atoms with van der Waals surface area (Å²) in [7, 11) is 0. The van der Waals surface area contributed by atoms with Gasteiger partial charge < -0.3 is 14.4 Å². The van der Waals surface area contributed by atoms with Gasteiger partial charge in [-0.05, 0) is 223 Å². The highest BCUT2D eigenvalue weighted by atomic mass is 15.2. The van der Waals surface area contributed by atoms with E-state index in [0.717, 1.165) is 67.6 Å². The fourth-order valence-electron chi connectivity index (χ4n) is 18.5. The first-order valence-electron chi connectivity index (χ1n) is 40.3. The molecule has 0 aliphatic carbocycles. The molecule has 0 amide bonds. The van der Waals surface area contributed by atoms with Crippen LogP contribution in [0.1, 0.15) is 79.0 Å². The predicted octanol–water partition coefficient (Wildman–Crippen LogP) is 28.4. The summed E-state index contributed by atoms with van der Waals surface area (Å²) < 4.78 is 2.51. The monoisotopic (exact) mass is 1460 g/mol. The largest absolute Gasteiger partial charge is 0.310 e. The number of para-hydroxylation sites is 2. The smallest absolute Gasteiger partial charge is 0.252 e. The molecule has 0 unspecified atom stereocenters. The van der Waals surface area contributed by atoms with Crippen LogP contribution < -0.4 is 26.2 Å². The van der Waals surface area contributed by atoms with Crippen LogP contribution in [0.3, 0.4) is 0 Å². The number of aromatic nitrogens is 1. The third-order valence-corrected chi connectivity index (χ3v) is 24.2. The first kappa shape index (κ1) is 69.9. The standard InChI is InChI=1S/C110H88BN3/c1-108(2,3)81-64-91(73-40-20-12-21-41-73)106(92(65-81)74-42-22-13-23-43-74)113-99-63-77(103-87-50-28-30-52-89(87)104(90-53-31-29-51-88(90)103)80-61-78(71-36-16-10-17-37-71)60-79(62-80)72-38-18-11-19-39-72)56-58-95(99)111-96-59-57-84(112-97-54-34-32-48-85(97)86-49-33-35-55-98(86)112)70-100(96)114(102-69-83(110(7,8)9)68-101(113)105(102)111)107-93(75-44-24-14-25-45-75)66-82(109(4,5)6)67-94(107)76-46-26-15-27-47-76/h10-70H,1-9H3. The maximum Gasteiger partial charge on any atom is 0.252 e. The molecule has 0 saturated heterocycles. The molecule has 0 saturated carbocycles. The molecule has 3 heterocycles. The Kier molecular flexibility index (Phi) is 16.7. The lowest BCUT2D eigenvalue weighted by Gasteiger charge is -2.47. The molecule has 4 heteroatoms. The van der Waals surface area contributed by atoms with Crippen LogP contribution in [0.25, 0.3) is 138 Å². The summed E-state index contributed by atoms with van der Waals surface area (Å²) in [4.78, 5) is 5.50. The Morgan fingerprint density at radius 2 is 0.518 bits per heavy atom. The Hall–Kier alpha value is -13.3. The van der Waals surface area contributed by atoms with Crippen LogP contribution >= 0.6 is 0 Å². The Balaban J connectivity index is 0.944. The number of rotatable bonds is 11. The van der Waals surface area contributed by atoms with Gasteiger partial charge in [0.05, 0.1) is 22.4 Å². The SMILES string of the molecule is CC(C)(C)c1cc(-c2ccccc2)c(N2c3cc(-c4c5ccccc5c(-c5cc(-c6ccccc6)cc(-c6ccccc6)c5)c5ccccc45)ccc3B3c4ccc(-n5c6ccccc6c6ccccc65)cc4N(c4c(-c5ccccc5)cc(C(C)(C)C)cc4-c4ccccc4)c4cc(C(C)(C)C)cc2c43)c(-c2ccccc2)c1. The molecule has 546 valence electrons. The minimum absolute atomic E-state index is 0.203. The number of benzene rings is 17. The maximum absolute atomic E-state index is 2.76. The van der Waals surface area contributed by atoms with Gasteiger partial charge in [-0.3, -0.25) is 0 Å². The summed E-state index contributed by atoms with van der Waals surface area (Å²) in [6.45, 7) is 21.1. The normalized spacial score (nSPS) is 12.7. The molecule has 20 rings (SSSR count). The van der Waals surface area contributed by atoms with Gasteiger partial charge in [-0.2, -0.15) is 0 Å². The summed E-state index contributed by atoms with van der Waals surface area (Å²) in [5.74, 6) is 0. The van der Waals surface area contributed by atoms with Crippen molar-refractivity contribution in [1.82, 2.24) is 4.57 Å². The number of hydrogen-bond donors (Lipinski definition) is 0. The van der Waals surface area contributed by atoms with Gasteiger partial charge in [0.1, 0.15) is 0 Å². The molecule has 0 N–H and O–H groups in total. The second kappa shape index (κ2) is 27.3. The minimum atomic E-state index is -0.352. The molecule has 3 nitrogen and oxygen atoms in total. The van der Waals surface area contributed by atoms with Gasteiger partial charge in [-0.1, -0.05) is 347 Å². The Labute approximate surface area is 670 Å². The van der Waals surface area contributed by atoms with E-state index < -0.39 is 0 Å². The molecule has 0 atom stereocenters. The molecule has 114 heavy (non-hydrogen) atoms. The van der Waals surface area contributed by atoms with Crippen molar-refractivity contribution in [3.63, 3.8) is 0 Å². The molecule has 0 radical (unpaired) electrons. The van der Waals surface area contributed by atoms with Crippen LogP contribution in [0.5, 0.6) is 0 Å². The molecule has 18 aromatic rings. The van der Waals surface area contributed by atoms with Crippen molar-refractivity contribution in [3.05, 3.63) is 387 Å². The van der Waals surface area contributed by atoms with Gasteiger partial charge in [0.15, 0.2) is 0 Å². The highest BCUT2D eigenvalue weighted by Gasteiger charge is 2.47. The van der Waals surface area contributed by atoms with Crippen LogP contribution in [0.4, 0.5) is 34.1 Å². The third kappa shape index (κ3) is 11.8. The van der Waals surface area contributed by atoms with Gasteiger partial charge in [-0.15, -0.1) is 0 Å². The molecular formula is C110H88BN3. The zero-order valence-corrected chi connectivity index (χ0v) is 66.1. The summed E-state index contributed by atoms with van der Waals surface area (Å²) in [5.41, 5.74) is 35.7. The Bertz CT molecular complexity index is 6530. The Morgan fingerprint density at radius 3 is 0.886 bits per heavy atom. The van der Waals surface area contributed by atoms with Gasteiger partial charge in [0.2, 0.25) is 0 Å². The fraction of sp³-hybridized carbons (Fsp3) is 0.109. The van der Waals surface area contributed by atoms with Crippen molar-refractivity contribution in [3.8, 4) is 94.7 Å². The first-order chi connectivity index (χ1) is 55.5. The molecule has 0 fully saturated rings. The van der Waals surface area contributed by atoms with Crippen molar-refractivity contribution >= 4 is 101 Å². The number of anilines is 6. The van der Waals surface area contributed by atoms with E-state index in [4.69, 9.17) is 0 Å². The Morgan fingerprint density at radius 1 is 0.219 bits per heavy atom. The van der Waals surface area contributed by atoms with Crippen LogP contribution in [-0.4, -0.2) is 11.3 Å². The average molecular weight is 1460 g/mol. The summed E-state index contributed by atoms with van der Waals surface area (Å²) in [6, 6.07) is 141. The summed E-state index contributed by atoms with van der Waals surface area (Å²) in [6.07, 6.45) is 0. The van der Waals surface area contributed by atoms with E-state index in [-0.39, 0.29) is 23.0 Å². The minimum Gasteiger partial charge on any atom is -0.310 e. The lowest BCUT2D eigenvalue weighted by molar-refractivity contribution is 0.590. The van der Waals surface area contributed by atoms with Crippen LogP contribution in [-0.2, 0) is 16.2 Å². The predicted molar refractivity (Wildman–Crippen MR) is 489 cm³/mol. The van der Waals surface area contributed by atoms with Crippen LogP contribution in [0.2, 0.25) is 0 Å². The summed E-state index contributed by atoms with van der Waals surface area (Å²) >= 11 is 0. The van der Waals surface area contributed by atoms with E-state index in [9.17, 15) is 0 Å². The van der Waals surface area contributed by atoms with E-state index in [0.29, 0.717) is 0 Å². The first-order valence-corrected chi connectivity index (χ1v) is 40.3. The molecule has 0 bridgehead atoms. The highest BCUT2D eigenvalue weighted by Crippen LogP contribution is 2.57. The second-order valence-electron chi connectivity index (χ2n) is 34.3. The van der Waals surface area contributed by atoms with Gasteiger partial charge in [-0.25, -0.2) is 0 Å².